The molecule has 0 aliphatic carbocycles. The van der Waals surface area contributed by atoms with Crippen molar-refractivity contribution in [3.05, 3.63) is 101 Å². The Balaban J connectivity index is 0.000000320. The minimum Gasteiger partial charge on any atom is -0.512 e. The van der Waals surface area contributed by atoms with E-state index in [-0.39, 0.29) is 47.9 Å². The number of carbonyl (C=O) groups excluding carboxylic acids is 1. The van der Waals surface area contributed by atoms with Crippen LogP contribution in [0.4, 0.5) is 0 Å². The van der Waals surface area contributed by atoms with Gasteiger partial charge in [-0.25, -0.2) is 0 Å². The molecule has 0 amide bonds. The van der Waals surface area contributed by atoms with E-state index in [1.54, 1.807) is 0 Å². The number of rotatable bonds is 11. The molecule has 295 valence electrons. The van der Waals surface area contributed by atoms with Crippen LogP contribution in [0.3, 0.4) is 0 Å². The molecule has 0 aliphatic rings. The van der Waals surface area contributed by atoms with Crippen LogP contribution in [0.1, 0.15) is 119 Å². The van der Waals surface area contributed by atoms with E-state index in [9.17, 15) is 9.90 Å². The number of pyridine rings is 1. The molecule has 0 unspecified atom stereocenters. The van der Waals surface area contributed by atoms with Crippen LogP contribution in [0.25, 0.3) is 53.7 Å². The largest absolute Gasteiger partial charge is 0.512 e. The maximum atomic E-state index is 12.2. The van der Waals surface area contributed by atoms with Crippen LogP contribution >= 0.6 is 11.3 Å². The molecule has 0 bridgehead atoms. The van der Waals surface area contributed by atoms with Gasteiger partial charge in [0.15, 0.2) is 5.78 Å². The summed E-state index contributed by atoms with van der Waals surface area (Å²) in [5, 5.41) is 14.9. The molecule has 0 saturated heterocycles. The number of hydrogen-bond acceptors (Lipinski definition) is 5. The Morgan fingerprint density at radius 2 is 1.55 bits per heavy atom. The van der Waals surface area contributed by atoms with E-state index < -0.39 is 0 Å². The summed E-state index contributed by atoms with van der Waals surface area (Å²) in [6, 6.07) is 25.5. The number of thiophene rings is 1. The molecule has 1 N–H and O–H groups in total. The molecule has 3 aromatic heterocycles. The zero-order chi connectivity index (χ0) is 39.6. The fraction of sp³-hybridized carbons (Fsp3) is 0.429. The quantitative estimate of drug-likeness (QED) is 0.0799. The van der Waals surface area contributed by atoms with E-state index in [1.807, 2.05) is 65.1 Å². The van der Waals surface area contributed by atoms with Crippen molar-refractivity contribution in [2.75, 3.05) is 0 Å². The third-order valence-electron chi connectivity index (χ3n) is 11.7. The maximum Gasteiger partial charge on any atom is 0.164 e. The molecule has 6 aromatic rings. The second-order valence-electron chi connectivity index (χ2n) is 17.0. The van der Waals surface area contributed by atoms with E-state index >= 15 is 0 Å². The van der Waals surface area contributed by atoms with Crippen LogP contribution in [0.15, 0.2) is 83.1 Å². The summed E-state index contributed by atoms with van der Waals surface area (Å²) in [6.45, 7) is 25.6. The second-order valence-corrected chi connectivity index (χ2v) is 18.0. The van der Waals surface area contributed by atoms with Crippen molar-refractivity contribution in [2.24, 2.45) is 16.7 Å². The molecule has 3 heterocycles. The molecule has 0 fully saturated rings. The van der Waals surface area contributed by atoms with Gasteiger partial charge in [-0.15, -0.1) is 40.5 Å². The fourth-order valence-electron chi connectivity index (χ4n) is 7.03. The Labute approximate surface area is 347 Å². The number of benzene rings is 3. The summed E-state index contributed by atoms with van der Waals surface area (Å²) < 4.78 is 7.93. The average Bonchev–Trinajstić information content (AvgIpc) is 3.73. The molecule has 6 rings (SSSR count). The van der Waals surface area contributed by atoms with Crippen molar-refractivity contribution < 1.29 is 34.4 Å². The van der Waals surface area contributed by atoms with Crippen LogP contribution in [0.5, 0.6) is 0 Å². The number of aryl methyl sites for hydroxylation is 1. The molecule has 1 radical (unpaired) electrons. The van der Waals surface area contributed by atoms with Crippen molar-refractivity contribution in [3.8, 4) is 21.9 Å². The predicted octanol–water partition coefficient (Wildman–Crippen LogP) is 14.8. The number of ketones is 1. The van der Waals surface area contributed by atoms with E-state index in [0.29, 0.717) is 5.92 Å². The topological polar surface area (TPSA) is 63.3 Å². The number of fused-ring (bicyclic) bond motifs is 3. The van der Waals surface area contributed by atoms with Crippen molar-refractivity contribution >= 4 is 48.9 Å². The Bertz CT molecular complexity index is 2290. The first-order chi connectivity index (χ1) is 25.5. The van der Waals surface area contributed by atoms with Gasteiger partial charge in [-0.2, -0.15) is 0 Å². The number of hydrogen-bond donors (Lipinski definition) is 1. The van der Waals surface area contributed by atoms with Gasteiger partial charge in [0, 0.05) is 59.0 Å². The molecule has 6 heteroatoms. The van der Waals surface area contributed by atoms with E-state index in [2.05, 4.69) is 102 Å². The summed E-state index contributed by atoms with van der Waals surface area (Å²) in [5.74, 6) is 1.84. The molecular formula is C49H60IrNO3S-. The van der Waals surface area contributed by atoms with E-state index in [0.717, 1.165) is 65.5 Å². The van der Waals surface area contributed by atoms with Crippen molar-refractivity contribution in [2.45, 2.75) is 121 Å². The van der Waals surface area contributed by atoms with Crippen LogP contribution < -0.4 is 0 Å². The van der Waals surface area contributed by atoms with Gasteiger partial charge in [-0.3, -0.25) is 9.78 Å². The van der Waals surface area contributed by atoms with E-state index in [1.165, 1.54) is 43.1 Å². The van der Waals surface area contributed by atoms with Crippen molar-refractivity contribution in [1.82, 2.24) is 4.98 Å². The number of aliphatic hydroxyl groups excluding tert-OH is 1. The minimum absolute atomic E-state index is 0. The maximum absolute atomic E-state index is 12.2. The predicted molar refractivity (Wildman–Crippen MR) is 232 cm³/mol. The second kappa shape index (κ2) is 17.7. The Kier molecular flexibility index (Phi) is 14.2. The molecule has 0 aliphatic heterocycles. The molecule has 0 atom stereocenters. The molecule has 0 spiro atoms. The summed E-state index contributed by atoms with van der Waals surface area (Å²) in [4.78, 5) is 18.2. The molecule has 4 nitrogen and oxygen atoms in total. The fourth-order valence-corrected chi connectivity index (χ4v) is 8.26. The van der Waals surface area contributed by atoms with Crippen molar-refractivity contribution in [1.29, 1.82) is 0 Å². The monoisotopic (exact) mass is 935 g/mol. The summed E-state index contributed by atoms with van der Waals surface area (Å²) in [7, 11) is 0. The zero-order valence-corrected chi connectivity index (χ0v) is 38.2. The van der Waals surface area contributed by atoms with Gasteiger partial charge in [0.2, 0.25) is 0 Å². The minimum atomic E-state index is -0.337. The first kappa shape index (κ1) is 44.1. The van der Waals surface area contributed by atoms with Crippen LogP contribution in [-0.2, 0) is 36.7 Å². The molecule has 55 heavy (non-hydrogen) atoms. The number of carbonyl (C=O) groups is 1. The van der Waals surface area contributed by atoms with Crippen LogP contribution in [0.2, 0.25) is 0 Å². The van der Waals surface area contributed by atoms with Gasteiger partial charge in [-0.05, 0) is 85.1 Å². The van der Waals surface area contributed by atoms with Gasteiger partial charge < -0.3 is 9.52 Å². The number of aliphatic hydroxyl groups is 1. The Morgan fingerprint density at radius 3 is 2.16 bits per heavy atom. The summed E-state index contributed by atoms with van der Waals surface area (Å²) in [6.07, 6.45) is 7.73. The number of nitrogens with zero attached hydrogens (tertiary/aromatic N) is 1. The number of allylic oxidation sites excluding steroid dienone is 2. The number of furan rings is 1. The molecule has 0 saturated carbocycles. The van der Waals surface area contributed by atoms with Crippen LogP contribution in [-0.4, -0.2) is 15.9 Å². The third kappa shape index (κ3) is 9.36. The Hall–Kier alpha value is -3.57. The average molecular weight is 935 g/mol. The van der Waals surface area contributed by atoms with Gasteiger partial charge >= 0.3 is 0 Å². The summed E-state index contributed by atoms with van der Waals surface area (Å²) >= 11 is 1.82. The SMILES string of the molecule is CCC(C)(CC)C(=O)/C=C(\O)C(C)(CC)CC.Cc1c(-c2cc3ccnc(-c4[c-]c5ccccc5c(C(C)(C)C)c4)c3o2)sc2cc(CC(C)C)ccc12.[Ir]. The van der Waals surface area contributed by atoms with Gasteiger partial charge in [0.25, 0.3) is 0 Å². The van der Waals surface area contributed by atoms with Crippen molar-refractivity contribution in [3.63, 3.8) is 0 Å². The Morgan fingerprint density at radius 1 is 0.891 bits per heavy atom. The van der Waals surface area contributed by atoms with Gasteiger partial charge in [0.1, 0.15) is 17.1 Å². The van der Waals surface area contributed by atoms with Gasteiger partial charge in [0.05, 0.1) is 4.88 Å². The molecular weight excluding hydrogens is 875 g/mol. The molecule has 3 aromatic carbocycles. The normalized spacial score (nSPS) is 12.6. The standard InChI is InChI=1S/C34H32NOS.C15H28O2.Ir/c1-20(2)15-22-11-12-26-21(3)33(37-30(26)16-22)29-19-24-13-14-35-31(32(24)36-29)25-17-23-9-7-8-10-27(23)28(18-25)34(4,5)6;1-7-14(5,8-2)12(16)11-13(17)15(6,9-3)10-4;/h7-14,16,18-20H,15H2,1-6H3;11,16H,7-10H2,1-6H3;/q-1;;/b;12-11-;. The third-order valence-corrected chi connectivity index (χ3v) is 13.0. The van der Waals surface area contributed by atoms with Crippen LogP contribution in [0, 0.1) is 29.7 Å². The summed E-state index contributed by atoms with van der Waals surface area (Å²) in [5.41, 5.74) is 5.99. The zero-order valence-electron chi connectivity index (χ0n) is 35.0. The van der Waals surface area contributed by atoms with Gasteiger partial charge in [-0.1, -0.05) is 117 Å². The first-order valence-corrected chi connectivity index (χ1v) is 20.6. The number of aromatic nitrogens is 1. The van der Waals surface area contributed by atoms with E-state index in [4.69, 9.17) is 9.40 Å². The first-order valence-electron chi connectivity index (χ1n) is 19.8. The smallest absolute Gasteiger partial charge is 0.164 e.